The number of carbonyl (C=O) groups excluding carboxylic acids is 4. The minimum absolute atomic E-state index is 0.160. The lowest BCUT2D eigenvalue weighted by atomic mass is 9.94. The molecule has 0 aromatic heterocycles. The van der Waals surface area contributed by atoms with E-state index in [9.17, 15) is 19.2 Å². The van der Waals surface area contributed by atoms with E-state index >= 15 is 0 Å². The van der Waals surface area contributed by atoms with Crippen molar-refractivity contribution in [3.05, 3.63) is 35.9 Å². The van der Waals surface area contributed by atoms with Gasteiger partial charge in [0.05, 0.1) is 18.4 Å². The maximum Gasteiger partial charge on any atom is 0.408 e. The number of hydrogen-bond acceptors (Lipinski definition) is 9. The van der Waals surface area contributed by atoms with E-state index in [1.807, 2.05) is 30.3 Å². The van der Waals surface area contributed by atoms with Crippen molar-refractivity contribution in [1.29, 1.82) is 0 Å². The van der Waals surface area contributed by atoms with Gasteiger partial charge in [0.2, 0.25) is 0 Å². The third-order valence-electron chi connectivity index (χ3n) is 5.24. The maximum atomic E-state index is 13.1. The van der Waals surface area contributed by atoms with Gasteiger partial charge in [0.1, 0.15) is 18.3 Å². The van der Waals surface area contributed by atoms with Crippen LogP contribution in [0.4, 0.5) is 4.79 Å². The summed E-state index contributed by atoms with van der Waals surface area (Å²) < 4.78 is 27.4. The molecule has 1 saturated heterocycles. The number of cyclic esters (lactones) is 2. The topological polar surface area (TPSA) is 126 Å². The van der Waals surface area contributed by atoms with Crippen LogP contribution in [-0.4, -0.2) is 61.1 Å². The Morgan fingerprint density at radius 3 is 2.39 bits per heavy atom. The molecule has 1 N–H and O–H groups in total. The van der Waals surface area contributed by atoms with Gasteiger partial charge >= 0.3 is 24.0 Å². The van der Waals surface area contributed by atoms with E-state index in [4.69, 9.17) is 23.7 Å². The van der Waals surface area contributed by atoms with E-state index < -0.39 is 66.3 Å². The predicted octanol–water partition coefficient (Wildman–Crippen LogP) is 3.16. The Labute approximate surface area is 211 Å². The second kappa shape index (κ2) is 13.2. The summed E-state index contributed by atoms with van der Waals surface area (Å²) in [5.41, 5.74) is 0.174. The standard InChI is InChI=1S/C26H37NO9/c1-16(2)22(28)35-21-17(3)34-24(30)20(27-25(31)36-26(4,5)6)15-33-23(29)19(21)12-13-32-14-18-10-8-7-9-11-18/h7-11,16-17,19-21H,12-15H2,1-6H3,(H,27,31). The summed E-state index contributed by atoms with van der Waals surface area (Å²) >= 11 is 0. The number of nitrogens with one attached hydrogen (secondary N) is 1. The Morgan fingerprint density at radius 1 is 1.11 bits per heavy atom. The first-order valence-electron chi connectivity index (χ1n) is 12.1. The second-order valence-electron chi connectivity index (χ2n) is 9.96. The van der Waals surface area contributed by atoms with Gasteiger partial charge in [0.15, 0.2) is 12.1 Å². The third kappa shape index (κ3) is 9.49. The lowest BCUT2D eigenvalue weighted by Crippen LogP contribution is -2.48. The highest BCUT2D eigenvalue weighted by molar-refractivity contribution is 5.83. The van der Waals surface area contributed by atoms with Gasteiger partial charge in [-0.2, -0.15) is 0 Å². The molecular formula is C26H37NO9. The number of esters is 3. The van der Waals surface area contributed by atoms with Crippen LogP contribution in [0.5, 0.6) is 0 Å². The largest absolute Gasteiger partial charge is 0.463 e. The summed E-state index contributed by atoms with van der Waals surface area (Å²) in [6.45, 7) is 9.91. The van der Waals surface area contributed by atoms with Crippen molar-refractivity contribution in [3.63, 3.8) is 0 Å². The summed E-state index contributed by atoms with van der Waals surface area (Å²) in [4.78, 5) is 50.5. The smallest absolute Gasteiger partial charge is 0.408 e. The van der Waals surface area contributed by atoms with Gasteiger partial charge < -0.3 is 29.0 Å². The van der Waals surface area contributed by atoms with Crippen LogP contribution in [0.1, 0.15) is 53.5 Å². The number of ether oxygens (including phenoxy) is 5. The van der Waals surface area contributed by atoms with Gasteiger partial charge in [-0.25, -0.2) is 9.59 Å². The van der Waals surface area contributed by atoms with Crippen LogP contribution in [0.15, 0.2) is 30.3 Å². The summed E-state index contributed by atoms with van der Waals surface area (Å²) in [5.74, 6) is -3.50. The van der Waals surface area contributed by atoms with E-state index in [0.717, 1.165) is 5.56 Å². The maximum absolute atomic E-state index is 13.1. The average Bonchev–Trinajstić information content (AvgIpc) is 2.82. The van der Waals surface area contributed by atoms with Crippen molar-refractivity contribution >= 4 is 24.0 Å². The van der Waals surface area contributed by atoms with E-state index in [-0.39, 0.29) is 13.0 Å². The molecule has 2 rings (SSSR count). The van der Waals surface area contributed by atoms with Crippen molar-refractivity contribution in [2.75, 3.05) is 13.2 Å². The molecule has 1 fully saturated rings. The Morgan fingerprint density at radius 2 is 1.78 bits per heavy atom. The Kier molecular flexibility index (Phi) is 10.7. The number of rotatable bonds is 8. The van der Waals surface area contributed by atoms with Crippen molar-refractivity contribution < 1.29 is 42.9 Å². The normalized spacial score (nSPS) is 23.0. The van der Waals surface area contributed by atoms with Crippen LogP contribution in [-0.2, 0) is 44.7 Å². The molecule has 1 aliphatic rings. The lowest BCUT2D eigenvalue weighted by molar-refractivity contribution is -0.177. The first kappa shape index (κ1) is 29.1. The van der Waals surface area contributed by atoms with Gasteiger partial charge in [-0.1, -0.05) is 44.2 Å². The molecule has 200 valence electrons. The molecular weight excluding hydrogens is 470 g/mol. The molecule has 1 aromatic carbocycles. The van der Waals surface area contributed by atoms with Gasteiger partial charge in [-0.3, -0.25) is 9.59 Å². The molecule has 1 heterocycles. The summed E-state index contributed by atoms with van der Waals surface area (Å²) in [7, 11) is 0. The minimum atomic E-state index is -1.29. The molecule has 1 aliphatic heterocycles. The Hall–Kier alpha value is -3.14. The Bertz CT molecular complexity index is 894. The second-order valence-corrected chi connectivity index (χ2v) is 9.96. The van der Waals surface area contributed by atoms with E-state index in [0.29, 0.717) is 6.61 Å². The fourth-order valence-electron chi connectivity index (χ4n) is 3.39. The van der Waals surface area contributed by atoms with Crippen LogP contribution < -0.4 is 5.32 Å². The molecule has 4 unspecified atom stereocenters. The molecule has 1 aromatic rings. The van der Waals surface area contributed by atoms with Crippen LogP contribution in [0.2, 0.25) is 0 Å². The fourth-order valence-corrected chi connectivity index (χ4v) is 3.39. The average molecular weight is 508 g/mol. The third-order valence-corrected chi connectivity index (χ3v) is 5.24. The van der Waals surface area contributed by atoms with Gasteiger partial charge in [0.25, 0.3) is 0 Å². The van der Waals surface area contributed by atoms with E-state index in [2.05, 4.69) is 5.32 Å². The van der Waals surface area contributed by atoms with Gasteiger partial charge in [0, 0.05) is 6.61 Å². The Balaban J connectivity index is 2.16. The number of carbonyl (C=O) groups is 4. The molecule has 4 atom stereocenters. The van der Waals surface area contributed by atoms with Crippen molar-refractivity contribution in [1.82, 2.24) is 5.32 Å². The van der Waals surface area contributed by atoms with Crippen LogP contribution in [0.25, 0.3) is 0 Å². The highest BCUT2D eigenvalue weighted by Gasteiger charge is 2.42. The van der Waals surface area contributed by atoms with Crippen LogP contribution in [0.3, 0.4) is 0 Å². The van der Waals surface area contributed by atoms with Gasteiger partial charge in [-0.15, -0.1) is 0 Å². The SMILES string of the molecule is CC(C)C(=O)OC1C(C)OC(=O)C(NC(=O)OC(C)(C)C)COC(=O)C1CCOCc1ccccc1. The number of hydrogen-bond donors (Lipinski definition) is 1. The first-order valence-corrected chi connectivity index (χ1v) is 12.1. The van der Waals surface area contributed by atoms with Crippen molar-refractivity contribution in [3.8, 4) is 0 Å². The summed E-state index contributed by atoms with van der Waals surface area (Å²) in [5, 5.41) is 2.38. The molecule has 10 heteroatoms. The molecule has 0 radical (unpaired) electrons. The first-order chi connectivity index (χ1) is 16.9. The zero-order valence-electron chi connectivity index (χ0n) is 21.8. The highest BCUT2D eigenvalue weighted by Crippen LogP contribution is 2.24. The quantitative estimate of drug-likeness (QED) is 0.321. The number of amides is 1. The zero-order valence-corrected chi connectivity index (χ0v) is 21.8. The van der Waals surface area contributed by atoms with Gasteiger partial charge in [-0.05, 0) is 39.7 Å². The minimum Gasteiger partial charge on any atom is -0.463 e. The number of benzene rings is 1. The highest BCUT2D eigenvalue weighted by atomic mass is 16.6. The van der Waals surface area contributed by atoms with Crippen LogP contribution >= 0.6 is 0 Å². The number of alkyl carbamates (subject to hydrolysis) is 1. The molecule has 0 bridgehead atoms. The monoisotopic (exact) mass is 507 g/mol. The van der Waals surface area contributed by atoms with Crippen molar-refractivity contribution in [2.45, 2.75) is 78.4 Å². The molecule has 0 saturated carbocycles. The summed E-state index contributed by atoms with van der Waals surface area (Å²) in [6.07, 6.45) is -2.79. The lowest BCUT2D eigenvalue weighted by Gasteiger charge is -2.29. The molecule has 0 spiro atoms. The molecule has 0 aliphatic carbocycles. The zero-order chi connectivity index (χ0) is 26.9. The molecule has 1 amide bonds. The van der Waals surface area contributed by atoms with E-state index in [1.54, 1.807) is 34.6 Å². The predicted molar refractivity (Wildman–Crippen MR) is 129 cm³/mol. The molecule has 36 heavy (non-hydrogen) atoms. The summed E-state index contributed by atoms with van der Waals surface area (Å²) in [6, 6.07) is 8.24. The molecule has 10 nitrogen and oxygen atoms in total. The van der Waals surface area contributed by atoms with Crippen LogP contribution in [0, 0.1) is 11.8 Å². The fraction of sp³-hybridized carbons (Fsp3) is 0.615. The van der Waals surface area contributed by atoms with E-state index in [1.165, 1.54) is 6.92 Å². The van der Waals surface area contributed by atoms with Crippen molar-refractivity contribution in [2.24, 2.45) is 11.8 Å².